The summed E-state index contributed by atoms with van der Waals surface area (Å²) in [4.78, 5) is 4.08. The third-order valence-corrected chi connectivity index (χ3v) is 3.32. The highest BCUT2D eigenvalue weighted by Gasteiger charge is 2.13. The minimum Gasteiger partial charge on any atom is -0.436 e. The standard InChI is InChI=1S/C14H13BrF2N2O/c1-8(18-2)9-3-4-13(19-7-9)20-12-6-10(15)5-11(16)14(12)17/h3-8,18H,1-2H3. The summed E-state index contributed by atoms with van der Waals surface area (Å²) in [5, 5.41) is 3.08. The molecule has 3 nitrogen and oxygen atoms in total. The molecule has 0 bridgehead atoms. The van der Waals surface area contributed by atoms with Gasteiger partial charge in [-0.2, -0.15) is 4.39 Å². The Labute approximate surface area is 124 Å². The van der Waals surface area contributed by atoms with Gasteiger partial charge in [-0.25, -0.2) is 9.37 Å². The normalized spacial score (nSPS) is 12.2. The zero-order valence-corrected chi connectivity index (χ0v) is 12.5. The molecule has 2 aromatic rings. The molecule has 1 heterocycles. The molecule has 0 aliphatic heterocycles. The van der Waals surface area contributed by atoms with Gasteiger partial charge in [0, 0.05) is 22.8 Å². The third-order valence-electron chi connectivity index (χ3n) is 2.87. The van der Waals surface area contributed by atoms with Gasteiger partial charge in [0.15, 0.2) is 11.6 Å². The van der Waals surface area contributed by atoms with Crippen LogP contribution in [-0.4, -0.2) is 12.0 Å². The molecule has 0 saturated carbocycles. The molecule has 0 saturated heterocycles. The van der Waals surface area contributed by atoms with E-state index in [0.29, 0.717) is 4.47 Å². The Bertz CT molecular complexity index is 605. The molecule has 0 spiro atoms. The zero-order valence-electron chi connectivity index (χ0n) is 11.0. The number of nitrogens with zero attached hydrogens (tertiary/aromatic N) is 1. The van der Waals surface area contributed by atoms with Crippen LogP contribution in [0.2, 0.25) is 0 Å². The molecule has 20 heavy (non-hydrogen) atoms. The molecule has 1 aromatic carbocycles. The monoisotopic (exact) mass is 342 g/mol. The van der Waals surface area contributed by atoms with E-state index in [0.717, 1.165) is 11.6 Å². The van der Waals surface area contributed by atoms with Gasteiger partial charge in [0.1, 0.15) is 0 Å². The average Bonchev–Trinajstić information content (AvgIpc) is 2.44. The summed E-state index contributed by atoms with van der Waals surface area (Å²) in [5.41, 5.74) is 0.973. The number of benzene rings is 1. The maximum absolute atomic E-state index is 13.6. The van der Waals surface area contributed by atoms with Gasteiger partial charge >= 0.3 is 0 Å². The lowest BCUT2D eigenvalue weighted by Crippen LogP contribution is -2.12. The van der Waals surface area contributed by atoms with E-state index in [9.17, 15) is 8.78 Å². The third kappa shape index (κ3) is 3.32. The average molecular weight is 343 g/mol. The molecular formula is C14H13BrF2N2O. The van der Waals surface area contributed by atoms with Crippen LogP contribution in [0.5, 0.6) is 11.6 Å². The van der Waals surface area contributed by atoms with E-state index in [1.807, 2.05) is 20.0 Å². The highest BCUT2D eigenvalue weighted by Crippen LogP contribution is 2.29. The zero-order chi connectivity index (χ0) is 14.7. The van der Waals surface area contributed by atoms with Crippen molar-refractivity contribution in [3.05, 3.63) is 52.1 Å². The second-order valence-electron chi connectivity index (χ2n) is 4.24. The van der Waals surface area contributed by atoms with Gasteiger partial charge in [-0.05, 0) is 31.7 Å². The first-order chi connectivity index (χ1) is 9.51. The van der Waals surface area contributed by atoms with Crippen molar-refractivity contribution >= 4 is 15.9 Å². The number of pyridine rings is 1. The van der Waals surface area contributed by atoms with Crippen LogP contribution in [0.4, 0.5) is 8.78 Å². The first kappa shape index (κ1) is 14.9. The van der Waals surface area contributed by atoms with E-state index >= 15 is 0 Å². The summed E-state index contributed by atoms with van der Waals surface area (Å²) >= 11 is 3.09. The Morgan fingerprint density at radius 3 is 2.65 bits per heavy atom. The molecule has 1 atom stereocenters. The van der Waals surface area contributed by atoms with Crippen molar-refractivity contribution in [2.24, 2.45) is 0 Å². The number of hydrogen-bond donors (Lipinski definition) is 1. The van der Waals surface area contributed by atoms with E-state index in [-0.39, 0.29) is 17.7 Å². The fraction of sp³-hybridized carbons (Fsp3) is 0.214. The fourth-order valence-electron chi connectivity index (χ4n) is 1.59. The van der Waals surface area contributed by atoms with Gasteiger partial charge in [0.05, 0.1) is 0 Å². The van der Waals surface area contributed by atoms with Crippen LogP contribution < -0.4 is 10.1 Å². The Balaban J connectivity index is 2.22. The van der Waals surface area contributed by atoms with Crippen molar-refractivity contribution in [2.45, 2.75) is 13.0 Å². The molecular weight excluding hydrogens is 330 g/mol. The Morgan fingerprint density at radius 2 is 2.05 bits per heavy atom. The largest absolute Gasteiger partial charge is 0.436 e. The van der Waals surface area contributed by atoms with Gasteiger partial charge < -0.3 is 10.1 Å². The summed E-state index contributed by atoms with van der Waals surface area (Å²) in [7, 11) is 1.84. The Morgan fingerprint density at radius 1 is 1.30 bits per heavy atom. The van der Waals surface area contributed by atoms with Crippen molar-refractivity contribution in [1.82, 2.24) is 10.3 Å². The van der Waals surface area contributed by atoms with E-state index < -0.39 is 11.6 Å². The minimum atomic E-state index is -1.04. The second-order valence-corrected chi connectivity index (χ2v) is 5.16. The van der Waals surface area contributed by atoms with Crippen molar-refractivity contribution in [2.75, 3.05) is 7.05 Å². The lowest BCUT2D eigenvalue weighted by molar-refractivity contribution is 0.404. The predicted molar refractivity (Wildman–Crippen MR) is 75.8 cm³/mol. The van der Waals surface area contributed by atoms with Crippen LogP contribution in [0.3, 0.4) is 0 Å². The van der Waals surface area contributed by atoms with E-state index in [1.165, 1.54) is 6.07 Å². The quantitative estimate of drug-likeness (QED) is 0.845. The van der Waals surface area contributed by atoms with E-state index in [2.05, 4.69) is 26.2 Å². The Hall–Kier alpha value is -1.53. The number of aromatic nitrogens is 1. The first-order valence-electron chi connectivity index (χ1n) is 5.97. The summed E-state index contributed by atoms with van der Waals surface area (Å²) in [5.74, 6) is -2.02. The lowest BCUT2D eigenvalue weighted by Gasteiger charge is -2.11. The van der Waals surface area contributed by atoms with Crippen molar-refractivity contribution in [3.63, 3.8) is 0 Å². The molecule has 2 rings (SSSR count). The fourth-order valence-corrected chi connectivity index (χ4v) is 2.00. The number of ether oxygens (including phenoxy) is 1. The number of rotatable bonds is 4. The summed E-state index contributed by atoms with van der Waals surface area (Å²) in [6.45, 7) is 1.99. The lowest BCUT2D eigenvalue weighted by atomic mass is 10.1. The molecule has 0 amide bonds. The van der Waals surface area contributed by atoms with Crippen LogP contribution in [0.1, 0.15) is 18.5 Å². The van der Waals surface area contributed by atoms with Crippen molar-refractivity contribution in [1.29, 1.82) is 0 Å². The summed E-state index contributed by atoms with van der Waals surface area (Å²) < 4.78 is 32.5. The van der Waals surface area contributed by atoms with Crippen LogP contribution in [-0.2, 0) is 0 Å². The van der Waals surface area contributed by atoms with Crippen molar-refractivity contribution in [3.8, 4) is 11.6 Å². The molecule has 0 aliphatic carbocycles. The van der Waals surface area contributed by atoms with Gasteiger partial charge in [0.2, 0.25) is 11.7 Å². The maximum atomic E-state index is 13.6. The van der Waals surface area contributed by atoms with Crippen LogP contribution in [0.15, 0.2) is 34.9 Å². The molecule has 0 aliphatic rings. The van der Waals surface area contributed by atoms with Crippen molar-refractivity contribution < 1.29 is 13.5 Å². The van der Waals surface area contributed by atoms with E-state index in [1.54, 1.807) is 12.3 Å². The molecule has 1 N–H and O–H groups in total. The molecule has 0 fully saturated rings. The SMILES string of the molecule is CNC(C)c1ccc(Oc2cc(Br)cc(F)c2F)nc1. The first-order valence-corrected chi connectivity index (χ1v) is 6.76. The van der Waals surface area contributed by atoms with Gasteiger partial charge in [0.25, 0.3) is 0 Å². The molecule has 106 valence electrons. The highest BCUT2D eigenvalue weighted by atomic mass is 79.9. The predicted octanol–water partition coefficient (Wildman–Crippen LogP) is 4.20. The number of halogens is 3. The van der Waals surface area contributed by atoms with Gasteiger partial charge in [-0.3, -0.25) is 0 Å². The summed E-state index contributed by atoms with van der Waals surface area (Å²) in [6, 6.07) is 5.96. The van der Waals surface area contributed by atoms with Gasteiger partial charge in [-0.15, -0.1) is 0 Å². The summed E-state index contributed by atoms with van der Waals surface area (Å²) in [6.07, 6.45) is 1.63. The van der Waals surface area contributed by atoms with Gasteiger partial charge in [-0.1, -0.05) is 22.0 Å². The Kier molecular flexibility index (Phi) is 4.67. The number of nitrogens with one attached hydrogen (secondary N) is 1. The van der Waals surface area contributed by atoms with E-state index in [4.69, 9.17) is 4.74 Å². The van der Waals surface area contributed by atoms with Crippen LogP contribution in [0.25, 0.3) is 0 Å². The second kappa shape index (κ2) is 6.28. The maximum Gasteiger partial charge on any atom is 0.219 e. The number of hydrogen-bond acceptors (Lipinski definition) is 3. The molecule has 1 aromatic heterocycles. The smallest absolute Gasteiger partial charge is 0.219 e. The highest BCUT2D eigenvalue weighted by molar-refractivity contribution is 9.10. The molecule has 1 unspecified atom stereocenters. The van der Waals surface area contributed by atoms with Crippen LogP contribution >= 0.6 is 15.9 Å². The molecule has 6 heteroatoms. The molecule has 0 radical (unpaired) electrons. The van der Waals surface area contributed by atoms with Crippen LogP contribution in [0, 0.1) is 11.6 Å². The topological polar surface area (TPSA) is 34.1 Å². The minimum absolute atomic E-state index is 0.150.